The van der Waals surface area contributed by atoms with E-state index in [1.165, 1.54) is 0 Å². The van der Waals surface area contributed by atoms with Crippen molar-refractivity contribution in [3.8, 4) is 0 Å². The van der Waals surface area contributed by atoms with Crippen molar-refractivity contribution in [3.63, 3.8) is 0 Å². The van der Waals surface area contributed by atoms with Crippen LogP contribution in [0.25, 0.3) is 0 Å². The molecule has 14 heavy (non-hydrogen) atoms. The summed E-state index contributed by atoms with van der Waals surface area (Å²) in [4.78, 5) is 0. The molecule has 6 nitrogen and oxygen atoms in total. The Balaban J connectivity index is 1.98. The van der Waals surface area contributed by atoms with Gasteiger partial charge in [-0.15, -0.1) is 10.2 Å². The molecule has 0 spiro atoms. The fourth-order valence-electron chi connectivity index (χ4n) is 1.15. The average molecular weight is 192 g/mol. The lowest BCUT2D eigenvalue weighted by Crippen LogP contribution is -2.06. The number of aryl methyl sites for hydroxylation is 2. The predicted octanol–water partition coefficient (Wildman–Crippen LogP) is 0.161. The van der Waals surface area contributed by atoms with Crippen molar-refractivity contribution in [2.75, 3.05) is 5.32 Å². The summed E-state index contributed by atoms with van der Waals surface area (Å²) < 4.78 is 3.62. The zero-order chi connectivity index (χ0) is 9.97. The Labute approximate surface area is 81.6 Å². The average Bonchev–Trinajstić information content (AvgIpc) is 2.72. The highest BCUT2D eigenvalue weighted by Crippen LogP contribution is 2.02. The molecule has 0 saturated carbocycles. The molecule has 2 aromatic heterocycles. The van der Waals surface area contributed by atoms with Crippen LogP contribution in [-0.4, -0.2) is 24.5 Å². The number of nitrogens with one attached hydrogen (secondary N) is 1. The number of nitrogens with zero attached hydrogens (tertiary/aromatic N) is 5. The Hall–Kier alpha value is -1.85. The minimum absolute atomic E-state index is 0.632. The third-order valence-electron chi connectivity index (χ3n) is 1.95. The van der Waals surface area contributed by atoms with Gasteiger partial charge in [-0.1, -0.05) is 0 Å². The van der Waals surface area contributed by atoms with Crippen LogP contribution in [0.3, 0.4) is 0 Å². The summed E-state index contributed by atoms with van der Waals surface area (Å²) in [5.41, 5.74) is 0. The van der Waals surface area contributed by atoms with E-state index in [9.17, 15) is 0 Å². The third kappa shape index (κ3) is 1.73. The summed E-state index contributed by atoms with van der Waals surface area (Å²) in [5, 5.41) is 15.1. The summed E-state index contributed by atoms with van der Waals surface area (Å²) >= 11 is 0. The SMILES string of the molecule is Cn1ccc(NCc2nncn2C)n1. The van der Waals surface area contributed by atoms with Gasteiger partial charge in [0.25, 0.3) is 0 Å². The first-order valence-corrected chi connectivity index (χ1v) is 4.32. The van der Waals surface area contributed by atoms with Gasteiger partial charge in [-0.3, -0.25) is 4.68 Å². The van der Waals surface area contributed by atoms with Gasteiger partial charge in [0.1, 0.15) is 12.1 Å². The summed E-state index contributed by atoms with van der Waals surface area (Å²) in [6, 6.07) is 1.91. The van der Waals surface area contributed by atoms with Gasteiger partial charge < -0.3 is 9.88 Å². The van der Waals surface area contributed by atoms with Gasteiger partial charge in [-0.05, 0) is 0 Å². The van der Waals surface area contributed by atoms with E-state index >= 15 is 0 Å². The van der Waals surface area contributed by atoms with Gasteiger partial charge in [0.15, 0.2) is 5.82 Å². The topological polar surface area (TPSA) is 60.6 Å². The number of anilines is 1. The fourth-order valence-corrected chi connectivity index (χ4v) is 1.15. The Kier molecular flexibility index (Phi) is 2.18. The van der Waals surface area contributed by atoms with E-state index in [2.05, 4.69) is 20.6 Å². The van der Waals surface area contributed by atoms with E-state index in [0.717, 1.165) is 11.6 Å². The lowest BCUT2D eigenvalue weighted by atomic mass is 10.5. The van der Waals surface area contributed by atoms with Gasteiger partial charge in [0.2, 0.25) is 0 Å². The number of rotatable bonds is 3. The summed E-state index contributed by atoms with van der Waals surface area (Å²) in [6.45, 7) is 0.632. The second kappa shape index (κ2) is 3.49. The van der Waals surface area contributed by atoms with Gasteiger partial charge in [-0.25, -0.2) is 0 Å². The Morgan fingerprint density at radius 1 is 1.43 bits per heavy atom. The van der Waals surface area contributed by atoms with Gasteiger partial charge >= 0.3 is 0 Å². The first-order valence-electron chi connectivity index (χ1n) is 4.32. The molecular weight excluding hydrogens is 180 g/mol. The number of hydrogen-bond acceptors (Lipinski definition) is 4. The highest BCUT2D eigenvalue weighted by Gasteiger charge is 2.00. The van der Waals surface area contributed by atoms with Crippen LogP contribution in [0, 0.1) is 0 Å². The van der Waals surface area contributed by atoms with E-state index in [1.807, 2.05) is 30.9 Å². The van der Waals surface area contributed by atoms with Crippen LogP contribution in [-0.2, 0) is 20.6 Å². The van der Waals surface area contributed by atoms with Crippen molar-refractivity contribution in [2.24, 2.45) is 14.1 Å². The summed E-state index contributed by atoms with van der Waals surface area (Å²) in [6.07, 6.45) is 3.56. The van der Waals surface area contributed by atoms with E-state index in [4.69, 9.17) is 0 Å². The molecule has 0 bridgehead atoms. The van der Waals surface area contributed by atoms with Crippen LogP contribution in [0.1, 0.15) is 5.82 Å². The van der Waals surface area contributed by atoms with Gasteiger partial charge in [-0.2, -0.15) is 5.10 Å². The molecule has 0 atom stereocenters. The predicted molar refractivity (Wildman–Crippen MR) is 51.5 cm³/mol. The maximum Gasteiger partial charge on any atom is 0.151 e. The monoisotopic (exact) mass is 192 g/mol. The molecule has 0 fully saturated rings. The molecule has 1 N–H and O–H groups in total. The molecule has 2 heterocycles. The molecule has 0 aliphatic heterocycles. The van der Waals surface area contributed by atoms with Crippen LogP contribution in [0.2, 0.25) is 0 Å². The smallest absolute Gasteiger partial charge is 0.151 e. The van der Waals surface area contributed by atoms with E-state index < -0.39 is 0 Å². The van der Waals surface area contributed by atoms with Crippen molar-refractivity contribution in [2.45, 2.75) is 6.54 Å². The molecule has 0 aromatic carbocycles. The molecular formula is C8H12N6. The lowest BCUT2D eigenvalue weighted by molar-refractivity contribution is 0.762. The van der Waals surface area contributed by atoms with Crippen molar-refractivity contribution >= 4 is 5.82 Å². The van der Waals surface area contributed by atoms with Gasteiger partial charge in [0.05, 0.1) is 6.54 Å². The lowest BCUT2D eigenvalue weighted by Gasteiger charge is -2.01. The molecule has 6 heteroatoms. The quantitative estimate of drug-likeness (QED) is 0.752. The second-order valence-corrected chi connectivity index (χ2v) is 3.09. The molecule has 0 amide bonds. The van der Waals surface area contributed by atoms with E-state index in [0.29, 0.717) is 6.54 Å². The van der Waals surface area contributed by atoms with Crippen molar-refractivity contribution < 1.29 is 0 Å². The van der Waals surface area contributed by atoms with Gasteiger partial charge in [0, 0.05) is 26.4 Å². The molecule has 2 rings (SSSR count). The van der Waals surface area contributed by atoms with E-state index in [1.54, 1.807) is 11.0 Å². The number of hydrogen-bond donors (Lipinski definition) is 1. The first-order chi connectivity index (χ1) is 6.75. The Morgan fingerprint density at radius 3 is 2.86 bits per heavy atom. The first kappa shape index (κ1) is 8.74. The minimum atomic E-state index is 0.632. The van der Waals surface area contributed by atoms with Crippen LogP contribution < -0.4 is 5.32 Å². The Bertz CT molecular complexity index is 415. The zero-order valence-electron chi connectivity index (χ0n) is 8.18. The minimum Gasteiger partial charge on any atom is -0.361 e. The maximum absolute atomic E-state index is 4.19. The summed E-state index contributed by atoms with van der Waals surface area (Å²) in [5.74, 6) is 1.73. The van der Waals surface area contributed by atoms with Crippen molar-refractivity contribution in [1.29, 1.82) is 0 Å². The number of aromatic nitrogens is 5. The maximum atomic E-state index is 4.19. The molecule has 0 saturated heterocycles. The standard InChI is InChI=1S/C8H12N6/c1-13-6-10-11-8(13)5-9-7-3-4-14(2)12-7/h3-4,6H,5H2,1-2H3,(H,9,12). The molecule has 2 aromatic rings. The summed E-state index contributed by atoms with van der Waals surface area (Å²) in [7, 11) is 3.79. The van der Waals surface area contributed by atoms with E-state index in [-0.39, 0.29) is 0 Å². The van der Waals surface area contributed by atoms with Crippen molar-refractivity contribution in [1.82, 2.24) is 24.5 Å². The second-order valence-electron chi connectivity index (χ2n) is 3.09. The molecule has 0 aliphatic carbocycles. The molecule has 0 unspecified atom stereocenters. The molecule has 0 radical (unpaired) electrons. The Morgan fingerprint density at radius 2 is 2.29 bits per heavy atom. The van der Waals surface area contributed by atoms with Crippen LogP contribution in [0.4, 0.5) is 5.82 Å². The fraction of sp³-hybridized carbons (Fsp3) is 0.375. The van der Waals surface area contributed by atoms with Crippen LogP contribution >= 0.6 is 0 Å². The van der Waals surface area contributed by atoms with Crippen LogP contribution in [0.5, 0.6) is 0 Å². The van der Waals surface area contributed by atoms with Crippen molar-refractivity contribution in [3.05, 3.63) is 24.4 Å². The molecule has 0 aliphatic rings. The zero-order valence-corrected chi connectivity index (χ0v) is 8.18. The highest BCUT2D eigenvalue weighted by atomic mass is 15.3. The molecule has 74 valence electrons. The highest BCUT2D eigenvalue weighted by molar-refractivity contribution is 5.32. The normalized spacial score (nSPS) is 10.4. The van der Waals surface area contributed by atoms with Crippen LogP contribution in [0.15, 0.2) is 18.6 Å². The third-order valence-corrected chi connectivity index (χ3v) is 1.95. The largest absolute Gasteiger partial charge is 0.361 e.